The van der Waals surface area contributed by atoms with E-state index in [1.165, 1.54) is 6.07 Å². The predicted molar refractivity (Wildman–Crippen MR) is 57.0 cm³/mol. The summed E-state index contributed by atoms with van der Waals surface area (Å²) in [5.74, 6) is -1.32. The number of rotatable bonds is 4. The second-order valence-corrected chi connectivity index (χ2v) is 3.74. The zero-order chi connectivity index (χ0) is 13.1. The van der Waals surface area contributed by atoms with Crippen LogP contribution in [0.15, 0.2) is 18.2 Å². The van der Waals surface area contributed by atoms with Crippen LogP contribution in [-0.2, 0) is 12.6 Å². The van der Waals surface area contributed by atoms with Gasteiger partial charge in [0.1, 0.15) is 0 Å². The zero-order valence-corrected chi connectivity index (χ0v) is 9.34. The summed E-state index contributed by atoms with van der Waals surface area (Å²) in [7, 11) is 0. The van der Waals surface area contributed by atoms with E-state index >= 15 is 0 Å². The van der Waals surface area contributed by atoms with Gasteiger partial charge in [0.25, 0.3) is 0 Å². The van der Waals surface area contributed by atoms with E-state index in [9.17, 15) is 18.0 Å². The van der Waals surface area contributed by atoms with Gasteiger partial charge < -0.3 is 5.11 Å². The number of alkyl halides is 3. The van der Waals surface area contributed by atoms with Crippen molar-refractivity contribution in [2.75, 3.05) is 0 Å². The predicted octanol–water partition coefficient (Wildman–Crippen LogP) is 3.75. The highest BCUT2D eigenvalue weighted by molar-refractivity contribution is 5.89. The highest BCUT2D eigenvalue weighted by Gasteiger charge is 2.34. The van der Waals surface area contributed by atoms with E-state index in [-0.39, 0.29) is 17.5 Å². The van der Waals surface area contributed by atoms with Crippen LogP contribution in [0, 0.1) is 0 Å². The first-order valence-corrected chi connectivity index (χ1v) is 5.30. The molecule has 0 aliphatic heterocycles. The van der Waals surface area contributed by atoms with Gasteiger partial charge in [0.05, 0.1) is 11.1 Å². The number of unbranched alkanes of at least 4 members (excludes halogenated alkanes) is 1. The average Bonchev–Trinajstić information content (AvgIpc) is 2.24. The minimum atomic E-state index is -4.51. The number of halogens is 3. The van der Waals surface area contributed by atoms with Gasteiger partial charge in [-0.1, -0.05) is 19.4 Å². The Morgan fingerprint density at radius 2 is 2.00 bits per heavy atom. The fraction of sp³-hybridized carbons (Fsp3) is 0.417. The van der Waals surface area contributed by atoms with Crippen molar-refractivity contribution >= 4 is 5.97 Å². The SMILES string of the molecule is CCCCc1c(C(=O)O)cccc1C(F)(F)F. The van der Waals surface area contributed by atoms with Gasteiger partial charge in [-0.05, 0) is 30.5 Å². The number of carboxylic acids is 1. The van der Waals surface area contributed by atoms with E-state index in [1.807, 2.05) is 6.92 Å². The lowest BCUT2D eigenvalue weighted by atomic mass is 9.96. The topological polar surface area (TPSA) is 37.3 Å². The van der Waals surface area contributed by atoms with Crippen LogP contribution in [0.2, 0.25) is 0 Å². The van der Waals surface area contributed by atoms with Crippen molar-refractivity contribution in [1.82, 2.24) is 0 Å². The molecule has 0 unspecified atom stereocenters. The molecule has 5 heteroatoms. The smallest absolute Gasteiger partial charge is 0.416 e. The molecule has 1 aromatic rings. The number of hydrogen-bond donors (Lipinski definition) is 1. The van der Waals surface area contributed by atoms with Crippen molar-refractivity contribution in [2.24, 2.45) is 0 Å². The average molecular weight is 246 g/mol. The van der Waals surface area contributed by atoms with Crippen LogP contribution in [-0.4, -0.2) is 11.1 Å². The maximum Gasteiger partial charge on any atom is 0.416 e. The molecule has 2 nitrogen and oxygen atoms in total. The van der Waals surface area contributed by atoms with Crippen molar-refractivity contribution in [3.8, 4) is 0 Å². The fourth-order valence-corrected chi connectivity index (χ4v) is 1.68. The number of hydrogen-bond acceptors (Lipinski definition) is 1. The first-order chi connectivity index (χ1) is 7.88. The van der Waals surface area contributed by atoms with Crippen LogP contribution in [0.1, 0.15) is 41.3 Å². The molecule has 1 N–H and O–H groups in total. The largest absolute Gasteiger partial charge is 0.478 e. The van der Waals surface area contributed by atoms with Crippen LogP contribution in [0.3, 0.4) is 0 Å². The van der Waals surface area contributed by atoms with Gasteiger partial charge in [-0.25, -0.2) is 4.79 Å². The molecule has 0 aromatic heterocycles. The quantitative estimate of drug-likeness (QED) is 0.878. The molecule has 0 heterocycles. The molecule has 0 saturated carbocycles. The molecule has 1 aromatic carbocycles. The molecule has 94 valence electrons. The van der Waals surface area contributed by atoms with Crippen molar-refractivity contribution in [3.63, 3.8) is 0 Å². The van der Waals surface area contributed by atoms with E-state index in [4.69, 9.17) is 5.11 Å². The summed E-state index contributed by atoms with van der Waals surface area (Å²) < 4.78 is 38.2. The summed E-state index contributed by atoms with van der Waals surface area (Å²) >= 11 is 0. The van der Waals surface area contributed by atoms with Crippen LogP contribution in [0.5, 0.6) is 0 Å². The molecule has 1 rings (SSSR count). The van der Waals surface area contributed by atoms with E-state index in [2.05, 4.69) is 0 Å². The number of aromatic carboxylic acids is 1. The second-order valence-electron chi connectivity index (χ2n) is 3.74. The Morgan fingerprint density at radius 3 is 2.47 bits per heavy atom. The molecule has 0 fully saturated rings. The van der Waals surface area contributed by atoms with Crippen molar-refractivity contribution in [2.45, 2.75) is 32.4 Å². The van der Waals surface area contributed by atoms with Crippen LogP contribution >= 0.6 is 0 Å². The van der Waals surface area contributed by atoms with Gasteiger partial charge in [0.2, 0.25) is 0 Å². The lowest BCUT2D eigenvalue weighted by Gasteiger charge is -2.14. The molecule has 0 bridgehead atoms. The summed E-state index contributed by atoms with van der Waals surface area (Å²) in [6, 6.07) is 3.27. The molecule has 0 saturated heterocycles. The van der Waals surface area contributed by atoms with Gasteiger partial charge in [-0.15, -0.1) is 0 Å². The summed E-state index contributed by atoms with van der Waals surface area (Å²) in [6.07, 6.45) is -3.12. The summed E-state index contributed by atoms with van der Waals surface area (Å²) in [4.78, 5) is 10.9. The molecule has 0 aliphatic rings. The zero-order valence-electron chi connectivity index (χ0n) is 9.34. The molecular weight excluding hydrogens is 233 g/mol. The van der Waals surface area contributed by atoms with Gasteiger partial charge >= 0.3 is 12.1 Å². The summed E-state index contributed by atoms with van der Waals surface area (Å²) in [6.45, 7) is 1.84. The fourth-order valence-electron chi connectivity index (χ4n) is 1.68. The normalized spacial score (nSPS) is 11.5. The Morgan fingerprint density at radius 1 is 1.35 bits per heavy atom. The van der Waals surface area contributed by atoms with Gasteiger partial charge in [0, 0.05) is 0 Å². The van der Waals surface area contributed by atoms with E-state index < -0.39 is 17.7 Å². The van der Waals surface area contributed by atoms with Crippen molar-refractivity contribution < 1.29 is 23.1 Å². The monoisotopic (exact) mass is 246 g/mol. The first kappa shape index (κ1) is 13.5. The summed E-state index contributed by atoms with van der Waals surface area (Å²) in [5.41, 5.74) is -1.21. The molecule has 0 radical (unpaired) electrons. The minimum Gasteiger partial charge on any atom is -0.478 e. The maximum absolute atomic E-state index is 12.7. The van der Waals surface area contributed by atoms with Gasteiger partial charge in [-0.2, -0.15) is 13.2 Å². The summed E-state index contributed by atoms with van der Waals surface area (Å²) in [5, 5.41) is 8.89. The Kier molecular flexibility index (Phi) is 4.15. The highest BCUT2D eigenvalue weighted by atomic mass is 19.4. The third kappa shape index (κ3) is 3.22. The molecule has 0 atom stereocenters. The Balaban J connectivity index is 3.29. The van der Waals surface area contributed by atoms with E-state index in [0.717, 1.165) is 12.1 Å². The lowest BCUT2D eigenvalue weighted by Crippen LogP contribution is -2.13. The number of benzene rings is 1. The van der Waals surface area contributed by atoms with Crippen molar-refractivity contribution in [1.29, 1.82) is 0 Å². The standard InChI is InChI=1S/C12H13F3O2/c1-2-3-5-8-9(11(16)17)6-4-7-10(8)12(13,14)15/h4,6-7H,2-3,5H2,1H3,(H,16,17). The lowest BCUT2D eigenvalue weighted by molar-refractivity contribution is -0.138. The van der Waals surface area contributed by atoms with Crippen molar-refractivity contribution in [3.05, 3.63) is 34.9 Å². The molecule has 0 aliphatic carbocycles. The molecule has 0 amide bonds. The molecular formula is C12H13F3O2. The third-order valence-electron chi connectivity index (χ3n) is 2.49. The molecule has 0 spiro atoms. The number of carbonyl (C=O) groups is 1. The van der Waals surface area contributed by atoms with Crippen LogP contribution in [0.4, 0.5) is 13.2 Å². The highest BCUT2D eigenvalue weighted by Crippen LogP contribution is 2.34. The van der Waals surface area contributed by atoms with Crippen LogP contribution in [0.25, 0.3) is 0 Å². The Bertz CT molecular complexity index is 411. The Hall–Kier alpha value is -1.52. The van der Waals surface area contributed by atoms with E-state index in [0.29, 0.717) is 12.8 Å². The molecule has 17 heavy (non-hydrogen) atoms. The van der Waals surface area contributed by atoms with Crippen LogP contribution < -0.4 is 0 Å². The van der Waals surface area contributed by atoms with E-state index in [1.54, 1.807) is 0 Å². The first-order valence-electron chi connectivity index (χ1n) is 5.30. The van der Waals surface area contributed by atoms with Gasteiger partial charge in [0.15, 0.2) is 0 Å². The minimum absolute atomic E-state index is 0.116. The second kappa shape index (κ2) is 5.21. The Labute approximate surface area is 97.1 Å². The van der Waals surface area contributed by atoms with Gasteiger partial charge in [-0.3, -0.25) is 0 Å². The third-order valence-corrected chi connectivity index (χ3v) is 2.49. The number of carboxylic acid groups (broad SMARTS) is 1. The maximum atomic E-state index is 12.7.